The first-order valence-corrected chi connectivity index (χ1v) is 9.32. The van der Waals surface area contributed by atoms with Crippen molar-refractivity contribution in [2.75, 3.05) is 13.1 Å². The Hall–Kier alpha value is -2.21. The fourth-order valence-electron chi connectivity index (χ4n) is 3.82. The molecule has 0 bridgehead atoms. The SMILES string of the molecule is Cn1ccnc1CN1CCC(C(=O)NC2(c3ccc(F)cc3)CC2)CC1. The van der Waals surface area contributed by atoms with Gasteiger partial charge in [0.05, 0.1) is 12.1 Å². The van der Waals surface area contributed by atoms with Crippen molar-refractivity contribution in [3.8, 4) is 0 Å². The largest absolute Gasteiger partial charge is 0.346 e. The number of benzene rings is 1. The molecule has 0 atom stereocenters. The molecule has 0 unspecified atom stereocenters. The van der Waals surface area contributed by atoms with Crippen LogP contribution in [0.1, 0.15) is 37.1 Å². The van der Waals surface area contributed by atoms with Gasteiger partial charge in [0.2, 0.25) is 5.91 Å². The van der Waals surface area contributed by atoms with Crippen molar-refractivity contribution in [2.24, 2.45) is 13.0 Å². The number of amides is 1. The van der Waals surface area contributed by atoms with Crippen LogP contribution in [0.2, 0.25) is 0 Å². The van der Waals surface area contributed by atoms with Gasteiger partial charge in [0.1, 0.15) is 11.6 Å². The Balaban J connectivity index is 1.31. The van der Waals surface area contributed by atoms with Gasteiger partial charge >= 0.3 is 0 Å². The Bertz CT molecular complexity index is 773. The highest BCUT2D eigenvalue weighted by Crippen LogP contribution is 2.45. The molecule has 2 heterocycles. The van der Waals surface area contributed by atoms with Gasteiger partial charge < -0.3 is 9.88 Å². The summed E-state index contributed by atoms with van der Waals surface area (Å²) >= 11 is 0. The molecule has 1 aliphatic heterocycles. The van der Waals surface area contributed by atoms with E-state index in [9.17, 15) is 9.18 Å². The standard InChI is InChI=1S/C20H25FN4O/c1-24-13-10-22-18(24)14-25-11-6-15(7-12-25)19(26)23-20(8-9-20)16-2-4-17(21)5-3-16/h2-5,10,13,15H,6-9,11-12,14H2,1H3,(H,23,26). The van der Waals surface area contributed by atoms with Gasteiger partial charge in [-0.3, -0.25) is 9.69 Å². The van der Waals surface area contributed by atoms with E-state index < -0.39 is 0 Å². The van der Waals surface area contributed by atoms with Crippen molar-refractivity contribution >= 4 is 5.91 Å². The van der Waals surface area contributed by atoms with E-state index in [1.807, 2.05) is 24.0 Å². The average Bonchev–Trinajstić information content (AvgIpc) is 3.31. The Kier molecular flexibility index (Phi) is 4.53. The second-order valence-electron chi connectivity index (χ2n) is 7.58. The van der Waals surface area contributed by atoms with Gasteiger partial charge in [-0.05, 0) is 56.5 Å². The molecule has 4 rings (SSSR count). The van der Waals surface area contributed by atoms with Crippen LogP contribution in [0.3, 0.4) is 0 Å². The minimum Gasteiger partial charge on any atom is -0.346 e. The van der Waals surface area contributed by atoms with E-state index in [0.717, 1.165) is 56.7 Å². The number of imidazole rings is 1. The van der Waals surface area contributed by atoms with Crippen molar-refractivity contribution in [2.45, 2.75) is 37.8 Å². The minimum atomic E-state index is -0.269. The number of hydrogen-bond acceptors (Lipinski definition) is 3. The predicted octanol–water partition coefficient (Wildman–Crippen LogP) is 2.58. The van der Waals surface area contributed by atoms with Crippen LogP contribution in [-0.4, -0.2) is 33.4 Å². The Morgan fingerprint density at radius 1 is 1.27 bits per heavy atom. The van der Waals surface area contributed by atoms with Crippen molar-refractivity contribution in [1.29, 1.82) is 0 Å². The quantitative estimate of drug-likeness (QED) is 0.896. The lowest BCUT2D eigenvalue weighted by atomic mass is 9.94. The van der Waals surface area contributed by atoms with Crippen LogP contribution in [0.25, 0.3) is 0 Å². The number of nitrogens with one attached hydrogen (secondary N) is 1. The van der Waals surface area contributed by atoms with Gasteiger partial charge in [-0.15, -0.1) is 0 Å². The van der Waals surface area contributed by atoms with Crippen molar-refractivity contribution in [3.63, 3.8) is 0 Å². The fraction of sp³-hybridized carbons (Fsp3) is 0.500. The third kappa shape index (κ3) is 3.51. The van der Waals surface area contributed by atoms with E-state index in [2.05, 4.69) is 15.2 Å². The van der Waals surface area contributed by atoms with Crippen LogP contribution in [0.4, 0.5) is 4.39 Å². The maximum absolute atomic E-state index is 13.1. The summed E-state index contributed by atoms with van der Waals surface area (Å²) in [6.45, 7) is 2.65. The molecule has 1 saturated carbocycles. The first kappa shape index (κ1) is 17.2. The third-order valence-electron chi connectivity index (χ3n) is 5.75. The lowest BCUT2D eigenvalue weighted by Crippen LogP contribution is -2.44. The molecule has 2 aromatic rings. The molecule has 1 aromatic heterocycles. The highest BCUT2D eigenvalue weighted by molar-refractivity contribution is 5.80. The van der Waals surface area contributed by atoms with Crippen molar-refractivity contribution < 1.29 is 9.18 Å². The van der Waals surface area contributed by atoms with Crippen LogP contribution < -0.4 is 5.32 Å². The maximum Gasteiger partial charge on any atom is 0.223 e. The van der Waals surface area contributed by atoms with Crippen LogP contribution >= 0.6 is 0 Å². The average molecular weight is 356 g/mol. The van der Waals surface area contributed by atoms with Crippen LogP contribution in [0.15, 0.2) is 36.7 Å². The predicted molar refractivity (Wildman–Crippen MR) is 96.7 cm³/mol. The number of carbonyl (C=O) groups excluding carboxylic acids is 1. The van der Waals surface area contributed by atoms with E-state index in [1.165, 1.54) is 12.1 Å². The molecule has 0 radical (unpaired) electrons. The normalized spacial score (nSPS) is 20.1. The fourth-order valence-corrected chi connectivity index (χ4v) is 3.82. The maximum atomic E-state index is 13.1. The number of carbonyl (C=O) groups is 1. The zero-order valence-electron chi connectivity index (χ0n) is 15.1. The summed E-state index contributed by atoms with van der Waals surface area (Å²) in [6, 6.07) is 6.52. The van der Waals surface area contributed by atoms with Gasteiger partial charge in [0.25, 0.3) is 0 Å². The van der Waals surface area contributed by atoms with Gasteiger partial charge in [0, 0.05) is 25.4 Å². The summed E-state index contributed by atoms with van der Waals surface area (Å²) in [5.74, 6) is 1.02. The second-order valence-corrected chi connectivity index (χ2v) is 7.58. The number of halogens is 1. The molecule has 6 heteroatoms. The van der Waals surface area contributed by atoms with Crippen LogP contribution in [0, 0.1) is 11.7 Å². The molecular weight excluding hydrogens is 331 g/mol. The van der Waals surface area contributed by atoms with Crippen LogP contribution in [-0.2, 0) is 23.9 Å². The molecule has 2 fully saturated rings. The lowest BCUT2D eigenvalue weighted by molar-refractivity contribution is -0.127. The Morgan fingerprint density at radius 2 is 1.96 bits per heavy atom. The van der Waals surface area contributed by atoms with E-state index in [-0.39, 0.29) is 23.2 Å². The van der Waals surface area contributed by atoms with E-state index in [0.29, 0.717) is 0 Å². The summed E-state index contributed by atoms with van der Waals surface area (Å²) in [5.41, 5.74) is 0.744. The highest BCUT2D eigenvalue weighted by Gasteiger charge is 2.46. The molecule has 138 valence electrons. The van der Waals surface area contributed by atoms with Gasteiger partial charge in [-0.25, -0.2) is 9.37 Å². The number of aromatic nitrogens is 2. The first-order chi connectivity index (χ1) is 12.6. The molecule has 26 heavy (non-hydrogen) atoms. The first-order valence-electron chi connectivity index (χ1n) is 9.32. The van der Waals surface area contributed by atoms with E-state index in [4.69, 9.17) is 0 Å². The summed E-state index contributed by atoms with van der Waals surface area (Å²) in [6.07, 6.45) is 7.39. The Labute approximate surface area is 153 Å². The molecular formula is C20H25FN4O. The summed E-state index contributed by atoms with van der Waals surface area (Å²) in [5, 5.41) is 3.25. The van der Waals surface area contributed by atoms with E-state index >= 15 is 0 Å². The summed E-state index contributed by atoms with van der Waals surface area (Å²) in [4.78, 5) is 19.5. The molecule has 1 aromatic carbocycles. The molecule has 1 saturated heterocycles. The van der Waals surface area contributed by atoms with Crippen molar-refractivity contribution in [3.05, 3.63) is 53.9 Å². The summed E-state index contributed by atoms with van der Waals surface area (Å²) < 4.78 is 15.2. The number of hydrogen-bond donors (Lipinski definition) is 1. The summed E-state index contributed by atoms with van der Waals surface area (Å²) in [7, 11) is 2.01. The molecule has 1 amide bonds. The Morgan fingerprint density at radius 3 is 2.54 bits per heavy atom. The molecule has 1 aliphatic carbocycles. The number of likely N-dealkylation sites (tertiary alicyclic amines) is 1. The minimum absolute atomic E-state index is 0.0607. The third-order valence-corrected chi connectivity index (χ3v) is 5.75. The topological polar surface area (TPSA) is 50.2 Å². The molecule has 2 aliphatic rings. The number of piperidine rings is 1. The smallest absolute Gasteiger partial charge is 0.223 e. The molecule has 0 spiro atoms. The number of aryl methyl sites for hydroxylation is 1. The molecule has 1 N–H and O–H groups in total. The van der Waals surface area contributed by atoms with Gasteiger partial charge in [0.15, 0.2) is 0 Å². The van der Waals surface area contributed by atoms with Crippen LogP contribution in [0.5, 0.6) is 0 Å². The van der Waals surface area contributed by atoms with Gasteiger partial charge in [-0.1, -0.05) is 12.1 Å². The highest BCUT2D eigenvalue weighted by atomic mass is 19.1. The van der Waals surface area contributed by atoms with Gasteiger partial charge in [-0.2, -0.15) is 0 Å². The lowest BCUT2D eigenvalue weighted by Gasteiger charge is -2.32. The zero-order chi connectivity index (χ0) is 18.1. The monoisotopic (exact) mass is 356 g/mol. The number of rotatable bonds is 5. The zero-order valence-corrected chi connectivity index (χ0v) is 15.1. The number of nitrogens with zero attached hydrogens (tertiary/aromatic N) is 3. The second kappa shape index (κ2) is 6.83. The van der Waals surface area contributed by atoms with Crippen molar-refractivity contribution in [1.82, 2.24) is 19.8 Å². The van der Waals surface area contributed by atoms with E-state index in [1.54, 1.807) is 12.1 Å². The molecule has 5 nitrogen and oxygen atoms in total.